The number of rotatable bonds is 3. The summed E-state index contributed by atoms with van der Waals surface area (Å²) in [4.78, 5) is 25.1. The Morgan fingerprint density at radius 1 is 1.54 bits per heavy atom. The van der Waals surface area contributed by atoms with Gasteiger partial charge in [-0.25, -0.2) is 4.79 Å². The van der Waals surface area contributed by atoms with Crippen molar-refractivity contribution < 1.29 is 0 Å². The molecule has 0 amide bonds. The number of nitrogens with one attached hydrogen (secondary N) is 1. The molecule has 0 fully saturated rings. The zero-order chi connectivity index (χ0) is 9.84. The summed E-state index contributed by atoms with van der Waals surface area (Å²) in [6, 6.07) is 1.43. The maximum Gasteiger partial charge on any atom is 0.328 e. The number of alkyl halides is 1. The molecule has 0 aromatic carbocycles. The Morgan fingerprint density at radius 3 is 2.77 bits per heavy atom. The maximum atomic E-state index is 11.3. The highest BCUT2D eigenvalue weighted by molar-refractivity contribution is 9.09. The predicted octanol–water partition coefficient (Wildman–Crippen LogP) is 0.630. The van der Waals surface area contributed by atoms with E-state index in [1.807, 2.05) is 0 Å². The summed E-state index contributed by atoms with van der Waals surface area (Å²) in [5, 5.41) is 0.784. The van der Waals surface area contributed by atoms with E-state index in [1.54, 1.807) is 6.92 Å². The first-order valence-corrected chi connectivity index (χ1v) is 5.14. The number of nitrogens with zero attached hydrogens (tertiary/aromatic N) is 1. The van der Waals surface area contributed by atoms with Crippen LogP contribution < -0.4 is 11.2 Å². The van der Waals surface area contributed by atoms with E-state index in [4.69, 9.17) is 0 Å². The molecule has 0 bridgehead atoms. The number of aromatic amines is 1. The van der Waals surface area contributed by atoms with E-state index >= 15 is 0 Å². The SMILES string of the molecule is Cc1cc(=O)n(CCCBr)c(=O)[nH]1. The molecule has 0 aliphatic carbocycles. The fraction of sp³-hybridized carbons (Fsp3) is 0.500. The number of halogens is 1. The molecule has 5 heteroatoms. The van der Waals surface area contributed by atoms with Gasteiger partial charge in [0.05, 0.1) is 0 Å². The second kappa shape index (κ2) is 4.41. The number of hydrogen-bond acceptors (Lipinski definition) is 2. The van der Waals surface area contributed by atoms with Crippen LogP contribution in [0.1, 0.15) is 12.1 Å². The normalized spacial score (nSPS) is 10.3. The van der Waals surface area contributed by atoms with Gasteiger partial charge in [0, 0.05) is 23.6 Å². The molecule has 0 aliphatic heterocycles. The van der Waals surface area contributed by atoms with Crippen molar-refractivity contribution in [2.24, 2.45) is 0 Å². The quantitative estimate of drug-likeness (QED) is 0.796. The van der Waals surface area contributed by atoms with Gasteiger partial charge in [-0.3, -0.25) is 9.36 Å². The minimum absolute atomic E-state index is 0.234. The van der Waals surface area contributed by atoms with Crippen LogP contribution in [0.2, 0.25) is 0 Å². The third-order valence-electron chi connectivity index (χ3n) is 1.67. The summed E-state index contributed by atoms with van der Waals surface area (Å²) in [6.45, 7) is 2.15. The van der Waals surface area contributed by atoms with Crippen molar-refractivity contribution in [2.45, 2.75) is 19.9 Å². The van der Waals surface area contributed by atoms with E-state index < -0.39 is 0 Å². The van der Waals surface area contributed by atoms with Crippen LogP contribution in [0, 0.1) is 6.92 Å². The van der Waals surface area contributed by atoms with Crippen LogP contribution in [0.4, 0.5) is 0 Å². The summed E-state index contributed by atoms with van der Waals surface area (Å²) in [5.41, 5.74) is 0.0400. The van der Waals surface area contributed by atoms with E-state index in [0.717, 1.165) is 11.8 Å². The van der Waals surface area contributed by atoms with Crippen LogP contribution in [-0.4, -0.2) is 14.9 Å². The van der Waals surface area contributed by atoms with Crippen LogP contribution >= 0.6 is 15.9 Å². The lowest BCUT2D eigenvalue weighted by Gasteiger charge is -2.02. The molecule has 0 saturated carbocycles. The van der Waals surface area contributed by atoms with Gasteiger partial charge in [-0.15, -0.1) is 0 Å². The molecule has 72 valence electrons. The number of aromatic nitrogens is 2. The molecule has 1 heterocycles. The molecular weight excluding hydrogens is 236 g/mol. The van der Waals surface area contributed by atoms with Crippen molar-refractivity contribution in [3.63, 3.8) is 0 Å². The van der Waals surface area contributed by atoms with Gasteiger partial charge < -0.3 is 4.98 Å². The van der Waals surface area contributed by atoms with E-state index in [9.17, 15) is 9.59 Å². The van der Waals surface area contributed by atoms with Crippen LogP contribution in [0.25, 0.3) is 0 Å². The minimum Gasteiger partial charge on any atom is -0.311 e. The predicted molar refractivity (Wildman–Crippen MR) is 54.5 cm³/mol. The summed E-state index contributed by atoms with van der Waals surface area (Å²) in [7, 11) is 0. The molecular formula is C8H11BrN2O2. The molecule has 4 nitrogen and oxygen atoms in total. The van der Waals surface area contributed by atoms with Gasteiger partial charge in [0.2, 0.25) is 0 Å². The molecule has 1 N–H and O–H groups in total. The zero-order valence-electron chi connectivity index (χ0n) is 7.34. The second-order valence-electron chi connectivity index (χ2n) is 2.79. The van der Waals surface area contributed by atoms with E-state index in [0.29, 0.717) is 12.2 Å². The van der Waals surface area contributed by atoms with Gasteiger partial charge in [-0.05, 0) is 13.3 Å². The zero-order valence-corrected chi connectivity index (χ0v) is 8.93. The smallest absolute Gasteiger partial charge is 0.311 e. The van der Waals surface area contributed by atoms with Crippen molar-refractivity contribution in [1.82, 2.24) is 9.55 Å². The molecule has 0 aliphatic rings. The van der Waals surface area contributed by atoms with E-state index in [2.05, 4.69) is 20.9 Å². The molecule has 0 unspecified atom stereocenters. The van der Waals surface area contributed by atoms with Crippen molar-refractivity contribution in [1.29, 1.82) is 0 Å². The molecule has 13 heavy (non-hydrogen) atoms. The number of H-pyrrole nitrogens is 1. The highest BCUT2D eigenvalue weighted by Crippen LogP contribution is 1.89. The van der Waals surface area contributed by atoms with Crippen molar-refractivity contribution in [3.8, 4) is 0 Å². The minimum atomic E-state index is -0.328. The molecule has 1 aromatic rings. The largest absolute Gasteiger partial charge is 0.328 e. The lowest BCUT2D eigenvalue weighted by atomic mass is 10.4. The highest BCUT2D eigenvalue weighted by Gasteiger charge is 2.00. The Hall–Kier alpha value is -0.840. The highest BCUT2D eigenvalue weighted by atomic mass is 79.9. The third kappa shape index (κ3) is 2.55. The van der Waals surface area contributed by atoms with Crippen LogP contribution in [0.5, 0.6) is 0 Å². The van der Waals surface area contributed by atoms with Crippen molar-refractivity contribution >= 4 is 15.9 Å². The molecule has 1 aromatic heterocycles. The van der Waals surface area contributed by atoms with Gasteiger partial charge >= 0.3 is 5.69 Å². The first kappa shape index (κ1) is 10.2. The first-order valence-electron chi connectivity index (χ1n) is 4.02. The van der Waals surface area contributed by atoms with Crippen LogP contribution in [-0.2, 0) is 6.54 Å². The van der Waals surface area contributed by atoms with Gasteiger partial charge in [-0.1, -0.05) is 15.9 Å². The van der Waals surface area contributed by atoms with Crippen molar-refractivity contribution in [2.75, 3.05) is 5.33 Å². The van der Waals surface area contributed by atoms with E-state index in [1.165, 1.54) is 10.6 Å². The van der Waals surface area contributed by atoms with Crippen molar-refractivity contribution in [3.05, 3.63) is 32.6 Å². The van der Waals surface area contributed by atoms with Gasteiger partial charge in [0.25, 0.3) is 5.56 Å². The third-order valence-corrected chi connectivity index (χ3v) is 2.23. The topological polar surface area (TPSA) is 54.9 Å². The van der Waals surface area contributed by atoms with Crippen LogP contribution in [0.15, 0.2) is 15.7 Å². The Bertz CT molecular complexity index is 363. The van der Waals surface area contributed by atoms with Gasteiger partial charge in [0.15, 0.2) is 0 Å². The standard InChI is InChI=1S/C8H11BrN2O2/c1-6-5-7(12)11(4-2-3-9)8(13)10-6/h5H,2-4H2,1H3,(H,10,13). The second-order valence-corrected chi connectivity index (χ2v) is 3.58. The summed E-state index contributed by atoms with van der Waals surface area (Å²) >= 11 is 3.24. The fourth-order valence-electron chi connectivity index (χ4n) is 1.07. The molecule has 1 rings (SSSR count). The van der Waals surface area contributed by atoms with Gasteiger partial charge in [0.1, 0.15) is 0 Å². The van der Waals surface area contributed by atoms with Gasteiger partial charge in [-0.2, -0.15) is 0 Å². The van der Waals surface area contributed by atoms with E-state index in [-0.39, 0.29) is 11.2 Å². The van der Waals surface area contributed by atoms with Crippen LogP contribution in [0.3, 0.4) is 0 Å². The number of hydrogen-bond donors (Lipinski definition) is 1. The summed E-state index contributed by atoms with van der Waals surface area (Å²) in [5.74, 6) is 0. The summed E-state index contributed by atoms with van der Waals surface area (Å²) < 4.78 is 1.20. The number of aryl methyl sites for hydroxylation is 1. The Morgan fingerprint density at radius 2 is 2.23 bits per heavy atom. The first-order chi connectivity index (χ1) is 6.15. The lowest BCUT2D eigenvalue weighted by molar-refractivity contribution is 0.616. The molecule has 0 spiro atoms. The average Bonchev–Trinajstić information content (AvgIpc) is 2.02. The maximum absolute atomic E-state index is 11.3. The Kier molecular flexibility index (Phi) is 3.48. The monoisotopic (exact) mass is 246 g/mol. The lowest BCUT2D eigenvalue weighted by Crippen LogP contribution is -2.35. The summed E-state index contributed by atoms with van der Waals surface area (Å²) in [6.07, 6.45) is 0.770. The molecule has 0 radical (unpaired) electrons. The molecule has 0 atom stereocenters. The Labute approximate surface area is 83.7 Å². The fourth-order valence-corrected chi connectivity index (χ4v) is 1.32. The average molecular weight is 247 g/mol. The Balaban J connectivity index is 3.07. The molecule has 0 saturated heterocycles.